The van der Waals surface area contributed by atoms with Crippen molar-refractivity contribution in [2.45, 2.75) is 90.7 Å². The first-order valence-corrected chi connectivity index (χ1v) is 13.7. The number of carbonyl (C=O) groups excluding carboxylic acids is 1. The first-order chi connectivity index (χ1) is 16.7. The first kappa shape index (κ1) is 23.4. The normalized spacial score (nSPS) is 42.6. The van der Waals surface area contributed by atoms with Crippen LogP contribution in [0.4, 0.5) is 4.39 Å². The zero-order valence-corrected chi connectivity index (χ0v) is 21.3. The highest BCUT2D eigenvalue weighted by molar-refractivity contribution is 5.92. The van der Waals surface area contributed by atoms with Crippen LogP contribution in [-0.4, -0.2) is 27.8 Å². The van der Waals surface area contributed by atoms with Gasteiger partial charge in [-0.1, -0.05) is 37.6 Å². The van der Waals surface area contributed by atoms with Crippen LogP contribution in [0.1, 0.15) is 90.2 Å². The molecule has 6 rings (SSSR count). The molecule has 8 atom stereocenters. The standard InChI is InChI=1S/C30H39FN2O2/c1-18(34)33-28(19-4-7-21(31)8-5-19)17-27(32-33)26-11-10-24-23-9-6-20-16-22(35)12-14-29(20,2)25(23)13-15-30(24,26)3/h4-8,22-26,28,35H,9-17H2,1-3H3/t22-,23-,24-,25-,26+,28+,29-,30-/m0/s1. The molecular weight excluding hydrogens is 439 g/mol. The van der Waals surface area contributed by atoms with Gasteiger partial charge in [-0.3, -0.25) is 4.79 Å². The lowest BCUT2D eigenvalue weighted by Crippen LogP contribution is -2.51. The van der Waals surface area contributed by atoms with Gasteiger partial charge in [0, 0.05) is 25.0 Å². The van der Waals surface area contributed by atoms with Gasteiger partial charge >= 0.3 is 0 Å². The third kappa shape index (κ3) is 3.55. The van der Waals surface area contributed by atoms with E-state index in [1.54, 1.807) is 24.1 Å². The van der Waals surface area contributed by atoms with Gasteiger partial charge < -0.3 is 5.11 Å². The summed E-state index contributed by atoms with van der Waals surface area (Å²) < 4.78 is 13.5. The summed E-state index contributed by atoms with van der Waals surface area (Å²) in [6.07, 6.45) is 12.0. The van der Waals surface area contributed by atoms with Crippen LogP contribution in [-0.2, 0) is 4.79 Å². The van der Waals surface area contributed by atoms with Crippen molar-refractivity contribution in [1.82, 2.24) is 5.01 Å². The van der Waals surface area contributed by atoms with E-state index in [-0.39, 0.29) is 34.7 Å². The number of rotatable bonds is 2. The minimum absolute atomic E-state index is 0.0462. The largest absolute Gasteiger partial charge is 0.393 e. The molecule has 1 heterocycles. The molecule has 4 aliphatic carbocycles. The smallest absolute Gasteiger partial charge is 0.240 e. The first-order valence-electron chi connectivity index (χ1n) is 13.7. The van der Waals surface area contributed by atoms with E-state index < -0.39 is 0 Å². The van der Waals surface area contributed by atoms with Crippen molar-refractivity contribution in [3.8, 4) is 0 Å². The van der Waals surface area contributed by atoms with Gasteiger partial charge in [0.05, 0.1) is 12.1 Å². The quantitative estimate of drug-likeness (QED) is 0.499. The molecule has 1 aromatic carbocycles. The molecule has 0 spiro atoms. The number of hydrogen-bond donors (Lipinski definition) is 1. The van der Waals surface area contributed by atoms with E-state index >= 15 is 0 Å². The molecule has 1 amide bonds. The maximum absolute atomic E-state index is 13.5. The Morgan fingerprint density at radius 3 is 2.57 bits per heavy atom. The van der Waals surface area contributed by atoms with Crippen molar-refractivity contribution in [1.29, 1.82) is 0 Å². The van der Waals surface area contributed by atoms with Gasteiger partial charge in [0.15, 0.2) is 0 Å². The van der Waals surface area contributed by atoms with Gasteiger partial charge in [0.2, 0.25) is 5.91 Å². The third-order valence-corrected chi connectivity index (χ3v) is 11.0. The molecule has 0 bridgehead atoms. The number of amides is 1. The van der Waals surface area contributed by atoms with E-state index in [9.17, 15) is 14.3 Å². The van der Waals surface area contributed by atoms with Crippen LogP contribution >= 0.6 is 0 Å². The maximum atomic E-state index is 13.5. The average Bonchev–Trinajstić information content (AvgIpc) is 3.41. The minimum Gasteiger partial charge on any atom is -0.393 e. The molecule has 188 valence electrons. The highest BCUT2D eigenvalue weighted by Gasteiger charge is 2.59. The highest BCUT2D eigenvalue weighted by Crippen LogP contribution is 2.66. The fourth-order valence-corrected chi connectivity index (χ4v) is 9.17. The van der Waals surface area contributed by atoms with E-state index in [0.717, 1.165) is 50.0 Å². The fourth-order valence-electron chi connectivity index (χ4n) is 9.17. The van der Waals surface area contributed by atoms with Gasteiger partial charge in [-0.25, -0.2) is 9.40 Å². The molecule has 35 heavy (non-hydrogen) atoms. The summed E-state index contributed by atoms with van der Waals surface area (Å²) in [5.74, 6) is 2.23. The second-order valence-corrected chi connectivity index (χ2v) is 12.6. The fraction of sp³-hybridized carbons (Fsp3) is 0.667. The lowest BCUT2D eigenvalue weighted by atomic mass is 9.47. The van der Waals surface area contributed by atoms with Gasteiger partial charge in [0.25, 0.3) is 0 Å². The Morgan fingerprint density at radius 1 is 1.06 bits per heavy atom. The molecule has 0 radical (unpaired) electrons. The number of carbonyl (C=O) groups is 1. The molecule has 0 unspecified atom stereocenters. The second-order valence-electron chi connectivity index (χ2n) is 12.6. The van der Waals surface area contributed by atoms with Crippen LogP contribution in [0, 0.1) is 40.3 Å². The summed E-state index contributed by atoms with van der Waals surface area (Å²) in [5, 5.41) is 16.9. The summed E-state index contributed by atoms with van der Waals surface area (Å²) >= 11 is 0. The van der Waals surface area contributed by atoms with Crippen molar-refractivity contribution in [3.63, 3.8) is 0 Å². The Balaban J connectivity index is 1.27. The summed E-state index contributed by atoms with van der Waals surface area (Å²) in [6, 6.07) is 6.43. The summed E-state index contributed by atoms with van der Waals surface area (Å²) in [4.78, 5) is 12.5. The average molecular weight is 479 g/mol. The Morgan fingerprint density at radius 2 is 1.83 bits per heavy atom. The topological polar surface area (TPSA) is 52.9 Å². The molecule has 0 saturated heterocycles. The number of halogens is 1. The zero-order valence-electron chi connectivity index (χ0n) is 21.3. The minimum atomic E-state index is -0.254. The van der Waals surface area contributed by atoms with Gasteiger partial charge in [0.1, 0.15) is 5.82 Å². The Labute approximate surface area is 208 Å². The van der Waals surface area contributed by atoms with Gasteiger partial charge in [-0.15, -0.1) is 0 Å². The summed E-state index contributed by atoms with van der Waals surface area (Å²) in [6.45, 7) is 6.57. The van der Waals surface area contributed by atoms with E-state index in [0.29, 0.717) is 17.8 Å². The molecular formula is C30H39FN2O2. The SMILES string of the molecule is CC(=O)N1N=C([C@H]2CC[C@H]3[C@@H]4CC=C5C[C@@H](O)CC[C@]5(C)[C@H]4CC[C@]23C)C[C@@H]1c1ccc(F)cc1. The van der Waals surface area contributed by atoms with Gasteiger partial charge in [-0.2, -0.15) is 5.10 Å². The Kier molecular flexibility index (Phi) is 5.52. The van der Waals surface area contributed by atoms with Crippen LogP contribution < -0.4 is 0 Å². The monoisotopic (exact) mass is 478 g/mol. The van der Waals surface area contributed by atoms with Crippen molar-refractivity contribution >= 4 is 11.6 Å². The molecule has 0 aromatic heterocycles. The molecule has 1 aliphatic heterocycles. The van der Waals surface area contributed by atoms with Crippen LogP contribution in [0.5, 0.6) is 0 Å². The maximum Gasteiger partial charge on any atom is 0.240 e. The molecule has 3 saturated carbocycles. The number of benzene rings is 1. The molecule has 1 N–H and O–H groups in total. The summed E-state index contributed by atoms with van der Waals surface area (Å²) in [7, 11) is 0. The van der Waals surface area contributed by atoms with Crippen LogP contribution in [0.25, 0.3) is 0 Å². The number of fused-ring (bicyclic) bond motifs is 5. The van der Waals surface area contributed by atoms with E-state index in [1.807, 2.05) is 0 Å². The van der Waals surface area contributed by atoms with E-state index in [4.69, 9.17) is 5.10 Å². The third-order valence-electron chi connectivity index (χ3n) is 11.0. The summed E-state index contributed by atoms with van der Waals surface area (Å²) in [5.41, 5.74) is 4.13. The predicted molar refractivity (Wildman–Crippen MR) is 135 cm³/mol. The zero-order chi connectivity index (χ0) is 24.5. The predicted octanol–water partition coefficient (Wildman–Crippen LogP) is 6.41. The molecule has 4 nitrogen and oxygen atoms in total. The molecule has 1 aromatic rings. The lowest BCUT2D eigenvalue weighted by molar-refractivity contribution is -0.130. The van der Waals surface area contributed by atoms with Crippen molar-refractivity contribution in [3.05, 3.63) is 47.3 Å². The van der Waals surface area contributed by atoms with Crippen molar-refractivity contribution in [2.75, 3.05) is 0 Å². The molecule has 3 fully saturated rings. The number of hydrogen-bond acceptors (Lipinski definition) is 3. The van der Waals surface area contributed by atoms with Crippen molar-refractivity contribution in [2.24, 2.45) is 39.6 Å². The Bertz CT molecular complexity index is 1080. The number of hydrazone groups is 1. The highest BCUT2D eigenvalue weighted by atomic mass is 19.1. The molecule has 5 aliphatic rings. The number of nitrogens with zero attached hydrogens (tertiary/aromatic N) is 2. The van der Waals surface area contributed by atoms with Crippen LogP contribution in [0.2, 0.25) is 0 Å². The van der Waals surface area contributed by atoms with Gasteiger partial charge in [-0.05, 0) is 97.6 Å². The lowest BCUT2D eigenvalue weighted by Gasteiger charge is -2.58. The molecule has 5 heteroatoms. The van der Waals surface area contributed by atoms with Crippen LogP contribution in [0.15, 0.2) is 41.0 Å². The number of aliphatic hydroxyl groups is 1. The number of allylic oxidation sites excluding steroid dienone is 1. The second kappa shape index (κ2) is 8.26. The van der Waals surface area contributed by atoms with E-state index in [2.05, 4.69) is 19.9 Å². The van der Waals surface area contributed by atoms with Crippen molar-refractivity contribution < 1.29 is 14.3 Å². The van der Waals surface area contributed by atoms with E-state index in [1.165, 1.54) is 42.7 Å². The number of aliphatic hydroxyl groups excluding tert-OH is 1. The Hall–Kier alpha value is -2.01. The van der Waals surface area contributed by atoms with Crippen LogP contribution in [0.3, 0.4) is 0 Å².